The van der Waals surface area contributed by atoms with Crippen molar-refractivity contribution in [1.82, 2.24) is 9.88 Å². The Kier molecular flexibility index (Phi) is 8.67. The third-order valence-electron chi connectivity index (χ3n) is 5.79. The fourth-order valence-electron chi connectivity index (χ4n) is 3.99. The number of fused-ring (bicyclic) bond motifs is 1. The van der Waals surface area contributed by atoms with Gasteiger partial charge in [0.15, 0.2) is 6.61 Å². The largest absolute Gasteiger partial charge is 0.573 e. The van der Waals surface area contributed by atoms with Crippen LogP contribution < -0.4 is 20.1 Å². The number of aryl methyl sites for hydroxylation is 1. The summed E-state index contributed by atoms with van der Waals surface area (Å²) in [5.74, 6) is 0.284. The van der Waals surface area contributed by atoms with Crippen LogP contribution in [0.15, 0.2) is 48.5 Å². The molecule has 0 atom stereocenters. The maximum Gasteiger partial charge on any atom is 0.573 e. The van der Waals surface area contributed by atoms with Crippen molar-refractivity contribution in [2.75, 3.05) is 56.6 Å². The van der Waals surface area contributed by atoms with Crippen LogP contribution >= 0.6 is 0 Å². The molecule has 4 rings (SSSR count). The number of nitrogens with one attached hydrogen (secondary N) is 2. The number of hydrogen-bond acceptors (Lipinski definition) is 7. The van der Waals surface area contributed by atoms with Crippen molar-refractivity contribution >= 4 is 28.3 Å². The number of nitrogens with zero attached hydrogens (tertiary/aromatic N) is 2. The number of carbonyl (C=O) groups is 1. The summed E-state index contributed by atoms with van der Waals surface area (Å²) in [4.78, 5) is 19.4. The van der Waals surface area contributed by atoms with Crippen molar-refractivity contribution < 1.29 is 32.2 Å². The lowest BCUT2D eigenvalue weighted by Crippen LogP contribution is -2.37. The van der Waals surface area contributed by atoms with Crippen LogP contribution in [-0.4, -0.2) is 68.2 Å². The number of hydrogen-bond donors (Lipinski definition) is 2. The second kappa shape index (κ2) is 12.1. The van der Waals surface area contributed by atoms with Gasteiger partial charge in [0.2, 0.25) is 0 Å². The molecule has 0 unspecified atom stereocenters. The predicted octanol–water partition coefficient (Wildman–Crippen LogP) is 4.59. The lowest BCUT2D eigenvalue weighted by molar-refractivity contribution is -0.274. The first-order chi connectivity index (χ1) is 17.7. The molecule has 0 aliphatic carbocycles. The molecule has 0 spiro atoms. The van der Waals surface area contributed by atoms with Crippen LogP contribution in [0.25, 0.3) is 10.9 Å². The van der Waals surface area contributed by atoms with E-state index in [2.05, 4.69) is 25.3 Å². The molecule has 8 nitrogen and oxygen atoms in total. The Balaban J connectivity index is 1.27. The van der Waals surface area contributed by atoms with Gasteiger partial charge < -0.3 is 24.8 Å². The van der Waals surface area contributed by atoms with Crippen LogP contribution in [0.3, 0.4) is 0 Å². The number of anilines is 2. The van der Waals surface area contributed by atoms with Gasteiger partial charge in [-0.3, -0.25) is 9.69 Å². The van der Waals surface area contributed by atoms with Gasteiger partial charge in [-0.15, -0.1) is 13.2 Å². The summed E-state index contributed by atoms with van der Waals surface area (Å²) in [7, 11) is 0. The van der Waals surface area contributed by atoms with E-state index in [9.17, 15) is 18.0 Å². The topological polar surface area (TPSA) is 85.0 Å². The Hall–Kier alpha value is -3.57. The number of aromatic nitrogens is 1. The minimum atomic E-state index is -4.77. The van der Waals surface area contributed by atoms with E-state index >= 15 is 0 Å². The number of alkyl halides is 3. The molecule has 198 valence electrons. The van der Waals surface area contributed by atoms with E-state index in [0.717, 1.165) is 80.2 Å². The molecule has 0 saturated carbocycles. The maximum atomic E-state index is 12.3. The van der Waals surface area contributed by atoms with E-state index < -0.39 is 12.3 Å². The van der Waals surface area contributed by atoms with E-state index in [0.29, 0.717) is 5.69 Å². The van der Waals surface area contributed by atoms with Crippen LogP contribution in [0.1, 0.15) is 12.0 Å². The molecular weight excluding hydrogens is 489 g/mol. The Morgan fingerprint density at radius 3 is 2.54 bits per heavy atom. The SMILES string of the molecule is Cc1cc(NCCCN2CCOCC2)nc2ccc(NC(=O)COc3ccc(OC(F)(F)F)cc3)cc12. The summed E-state index contributed by atoms with van der Waals surface area (Å²) in [5.41, 5.74) is 2.42. The summed E-state index contributed by atoms with van der Waals surface area (Å²) >= 11 is 0. The summed E-state index contributed by atoms with van der Waals surface area (Å²) in [6, 6.07) is 12.3. The number of halogens is 3. The van der Waals surface area contributed by atoms with Crippen LogP contribution in [-0.2, 0) is 9.53 Å². The lowest BCUT2D eigenvalue weighted by Gasteiger charge is -2.26. The van der Waals surface area contributed by atoms with Crippen LogP contribution in [0.5, 0.6) is 11.5 Å². The highest BCUT2D eigenvalue weighted by Gasteiger charge is 2.31. The summed E-state index contributed by atoms with van der Waals surface area (Å²) in [6.07, 6.45) is -3.76. The Bertz CT molecular complexity index is 1200. The van der Waals surface area contributed by atoms with Gasteiger partial charge in [-0.05, 0) is 74.0 Å². The van der Waals surface area contributed by atoms with Crippen molar-refractivity contribution in [2.24, 2.45) is 0 Å². The molecule has 1 saturated heterocycles. The number of ether oxygens (including phenoxy) is 3. The summed E-state index contributed by atoms with van der Waals surface area (Å²) in [5, 5.41) is 7.07. The van der Waals surface area contributed by atoms with Crippen LogP contribution in [0.4, 0.5) is 24.7 Å². The van der Waals surface area contributed by atoms with E-state index in [4.69, 9.17) is 9.47 Å². The zero-order valence-corrected chi connectivity index (χ0v) is 20.4. The van der Waals surface area contributed by atoms with E-state index in [-0.39, 0.29) is 18.1 Å². The van der Waals surface area contributed by atoms with Crippen molar-refractivity contribution in [3.63, 3.8) is 0 Å². The number of pyridine rings is 1. The molecule has 1 fully saturated rings. The molecule has 1 aromatic heterocycles. The molecule has 1 aliphatic rings. The molecule has 1 amide bonds. The molecule has 0 radical (unpaired) electrons. The van der Waals surface area contributed by atoms with E-state index in [1.54, 1.807) is 6.07 Å². The van der Waals surface area contributed by atoms with E-state index in [1.807, 2.05) is 25.1 Å². The molecule has 2 aromatic carbocycles. The maximum absolute atomic E-state index is 12.3. The highest BCUT2D eigenvalue weighted by Crippen LogP contribution is 2.26. The van der Waals surface area contributed by atoms with Gasteiger partial charge in [0.1, 0.15) is 17.3 Å². The van der Waals surface area contributed by atoms with Gasteiger partial charge >= 0.3 is 6.36 Å². The zero-order valence-electron chi connectivity index (χ0n) is 20.4. The monoisotopic (exact) mass is 518 g/mol. The second-order valence-electron chi connectivity index (χ2n) is 8.65. The van der Waals surface area contributed by atoms with Gasteiger partial charge in [-0.2, -0.15) is 0 Å². The minimum absolute atomic E-state index is 0.244. The first-order valence-electron chi connectivity index (χ1n) is 12.0. The van der Waals surface area contributed by atoms with E-state index in [1.165, 1.54) is 12.1 Å². The average molecular weight is 519 g/mol. The molecule has 2 heterocycles. The Morgan fingerprint density at radius 1 is 1.08 bits per heavy atom. The van der Waals surface area contributed by atoms with Crippen molar-refractivity contribution in [2.45, 2.75) is 19.7 Å². The average Bonchev–Trinajstić information content (AvgIpc) is 2.86. The standard InChI is InChI=1S/C26H29F3N4O4/c1-18-15-24(30-9-2-10-33-11-13-35-14-12-33)32-23-8-3-19(16-22(18)23)31-25(34)17-36-20-4-6-21(7-5-20)37-26(27,28)29/h3-8,15-16H,2,9-14,17H2,1H3,(H,30,32)(H,31,34). The van der Waals surface area contributed by atoms with Crippen molar-refractivity contribution in [3.05, 3.63) is 54.1 Å². The normalized spacial score (nSPS) is 14.4. The molecule has 37 heavy (non-hydrogen) atoms. The molecular formula is C26H29F3N4O4. The smallest absolute Gasteiger partial charge is 0.484 e. The highest BCUT2D eigenvalue weighted by atomic mass is 19.4. The lowest BCUT2D eigenvalue weighted by atomic mass is 10.1. The fourth-order valence-corrected chi connectivity index (χ4v) is 3.99. The zero-order chi connectivity index (χ0) is 26.3. The molecule has 3 aromatic rings. The van der Waals surface area contributed by atoms with Crippen molar-refractivity contribution in [3.8, 4) is 11.5 Å². The third-order valence-corrected chi connectivity index (χ3v) is 5.79. The molecule has 11 heteroatoms. The number of amides is 1. The van der Waals surface area contributed by atoms with Gasteiger partial charge in [0.25, 0.3) is 5.91 Å². The molecule has 2 N–H and O–H groups in total. The Labute approximate surface area is 212 Å². The highest BCUT2D eigenvalue weighted by molar-refractivity contribution is 5.95. The number of benzene rings is 2. The predicted molar refractivity (Wildman–Crippen MR) is 134 cm³/mol. The summed E-state index contributed by atoms with van der Waals surface area (Å²) < 4.78 is 51.3. The third kappa shape index (κ3) is 8.22. The Morgan fingerprint density at radius 2 is 1.81 bits per heavy atom. The molecule has 0 bridgehead atoms. The van der Waals surface area contributed by atoms with Crippen LogP contribution in [0, 0.1) is 6.92 Å². The second-order valence-corrected chi connectivity index (χ2v) is 8.65. The molecule has 1 aliphatic heterocycles. The summed E-state index contributed by atoms with van der Waals surface area (Å²) in [6.45, 7) is 7.08. The number of morpholine rings is 1. The number of rotatable bonds is 10. The van der Waals surface area contributed by atoms with Crippen LogP contribution in [0.2, 0.25) is 0 Å². The fraction of sp³-hybridized carbons (Fsp3) is 0.385. The first kappa shape index (κ1) is 26.5. The quantitative estimate of drug-likeness (QED) is 0.380. The van der Waals surface area contributed by atoms with Gasteiger partial charge in [-0.1, -0.05) is 0 Å². The van der Waals surface area contributed by atoms with Gasteiger partial charge in [0, 0.05) is 30.7 Å². The van der Waals surface area contributed by atoms with Gasteiger partial charge in [-0.25, -0.2) is 4.98 Å². The number of carbonyl (C=O) groups excluding carboxylic acids is 1. The minimum Gasteiger partial charge on any atom is -0.484 e. The van der Waals surface area contributed by atoms with Crippen molar-refractivity contribution in [1.29, 1.82) is 0 Å². The van der Waals surface area contributed by atoms with Gasteiger partial charge in [0.05, 0.1) is 18.7 Å². The first-order valence-corrected chi connectivity index (χ1v) is 12.0.